The van der Waals surface area contributed by atoms with E-state index >= 15 is 0 Å². The fraction of sp³-hybridized carbons (Fsp3) is 0.448. The van der Waals surface area contributed by atoms with Crippen LogP contribution in [-0.4, -0.2) is 6.54 Å². The van der Waals surface area contributed by atoms with Gasteiger partial charge in [0.2, 0.25) is 0 Å². The number of benzene rings is 1. The summed E-state index contributed by atoms with van der Waals surface area (Å²) in [6.45, 7) is 31.3. The first-order valence-corrected chi connectivity index (χ1v) is 11.7. The van der Waals surface area contributed by atoms with Gasteiger partial charge in [-0.3, -0.25) is 0 Å². The Balaban J connectivity index is -0.000000815. The highest BCUT2D eigenvalue weighted by atomic mass is 14.9. The number of hydrogen-bond acceptors (Lipinski definition) is 1. The highest BCUT2D eigenvalue weighted by molar-refractivity contribution is 5.78. The summed E-state index contributed by atoms with van der Waals surface area (Å²) in [6, 6.07) is 8.52. The normalized spacial score (nSPS) is 12.2. The van der Waals surface area contributed by atoms with Gasteiger partial charge in [-0.05, 0) is 39.8 Å². The first-order chi connectivity index (χ1) is 14.5. The lowest BCUT2D eigenvalue weighted by Gasteiger charge is -2.26. The molecule has 1 aromatic carbocycles. The third-order valence-corrected chi connectivity index (χ3v) is 3.80. The minimum Gasteiger partial charge on any atom is -0.381 e. The van der Waals surface area contributed by atoms with Gasteiger partial charge in [-0.25, -0.2) is 0 Å². The summed E-state index contributed by atoms with van der Waals surface area (Å²) in [7, 11) is 0. The van der Waals surface area contributed by atoms with Crippen molar-refractivity contribution < 1.29 is 0 Å². The molecule has 2 rings (SSSR count). The summed E-state index contributed by atoms with van der Waals surface area (Å²) < 4.78 is 0. The molecule has 1 heterocycles. The molecule has 0 saturated heterocycles. The zero-order chi connectivity index (χ0) is 24.2. The van der Waals surface area contributed by atoms with Gasteiger partial charge >= 0.3 is 0 Å². The van der Waals surface area contributed by atoms with E-state index < -0.39 is 0 Å². The molecule has 1 heteroatoms. The Labute approximate surface area is 189 Å². The van der Waals surface area contributed by atoms with Crippen LogP contribution in [-0.2, 0) is 0 Å². The summed E-state index contributed by atoms with van der Waals surface area (Å²) in [5.74, 6) is 0. The fourth-order valence-corrected chi connectivity index (χ4v) is 2.52. The molecule has 0 aliphatic carbocycles. The Kier molecular flexibility index (Phi) is 21.6. The number of nitrogens with one attached hydrogen (secondary N) is 1. The van der Waals surface area contributed by atoms with E-state index in [0.717, 1.165) is 17.7 Å². The summed E-state index contributed by atoms with van der Waals surface area (Å²) in [5, 5.41) is 3.47. The van der Waals surface area contributed by atoms with Crippen LogP contribution in [0.15, 0.2) is 73.4 Å². The molecule has 0 radical (unpaired) electrons. The molecule has 0 aromatic heterocycles. The highest BCUT2D eigenvalue weighted by Gasteiger charge is 2.18. The molecule has 1 aliphatic heterocycles. The predicted molar refractivity (Wildman–Crippen MR) is 144 cm³/mol. The third-order valence-electron chi connectivity index (χ3n) is 3.80. The molecule has 0 fully saturated rings. The van der Waals surface area contributed by atoms with E-state index in [1.807, 2.05) is 67.5 Å². The van der Waals surface area contributed by atoms with Crippen molar-refractivity contribution in [2.24, 2.45) is 5.41 Å². The minimum absolute atomic E-state index is 0.167. The summed E-state index contributed by atoms with van der Waals surface area (Å²) >= 11 is 0. The highest BCUT2D eigenvalue weighted by Crippen LogP contribution is 2.31. The van der Waals surface area contributed by atoms with Crippen molar-refractivity contribution in [2.45, 2.75) is 76.2 Å². The molecule has 30 heavy (non-hydrogen) atoms. The fourth-order valence-electron chi connectivity index (χ4n) is 2.52. The van der Waals surface area contributed by atoms with Gasteiger partial charge in [-0.2, -0.15) is 0 Å². The maximum Gasteiger partial charge on any atom is 0.0419 e. The van der Waals surface area contributed by atoms with Gasteiger partial charge in [-0.1, -0.05) is 132 Å². The molecule has 1 N–H and O–H groups in total. The number of rotatable bonds is 4. The van der Waals surface area contributed by atoms with Crippen molar-refractivity contribution in [1.29, 1.82) is 0 Å². The number of hydrogen-bond donors (Lipinski definition) is 1. The second kappa shape index (κ2) is 20.0. The molecule has 0 bridgehead atoms. The maximum atomic E-state index is 3.89. The van der Waals surface area contributed by atoms with E-state index in [-0.39, 0.29) is 5.41 Å². The summed E-state index contributed by atoms with van der Waals surface area (Å²) in [4.78, 5) is 0. The van der Waals surface area contributed by atoms with E-state index in [4.69, 9.17) is 0 Å². The van der Waals surface area contributed by atoms with E-state index in [1.165, 1.54) is 16.8 Å². The Morgan fingerprint density at radius 2 is 1.50 bits per heavy atom. The lowest BCUT2D eigenvalue weighted by atomic mass is 9.84. The second-order valence-electron chi connectivity index (χ2n) is 6.49. The molecular weight excluding hydrogens is 362 g/mol. The topological polar surface area (TPSA) is 12.0 Å². The van der Waals surface area contributed by atoms with Crippen molar-refractivity contribution in [3.05, 3.63) is 84.5 Å². The lowest BCUT2D eigenvalue weighted by Crippen LogP contribution is -2.20. The van der Waals surface area contributed by atoms with Gasteiger partial charge in [0.25, 0.3) is 0 Å². The largest absolute Gasteiger partial charge is 0.381 e. The Hall–Kier alpha value is -2.28. The predicted octanol–water partition coefficient (Wildman–Crippen LogP) is 9.46. The number of dihydropyridines is 1. The number of allylic oxidation sites excluding steroid dienone is 6. The Morgan fingerprint density at radius 3 is 1.97 bits per heavy atom. The van der Waals surface area contributed by atoms with E-state index in [1.54, 1.807) is 6.08 Å². The zero-order valence-corrected chi connectivity index (χ0v) is 21.8. The molecule has 0 amide bonds. The second-order valence-corrected chi connectivity index (χ2v) is 6.49. The van der Waals surface area contributed by atoms with Crippen LogP contribution in [0, 0.1) is 5.41 Å². The first kappa shape index (κ1) is 32.4. The monoisotopic (exact) mass is 411 g/mol. The van der Waals surface area contributed by atoms with Crippen molar-refractivity contribution >= 4 is 11.3 Å². The molecular formula is C29H49N. The van der Waals surface area contributed by atoms with Crippen LogP contribution in [0.2, 0.25) is 0 Å². The Bertz CT molecular complexity index is 664. The smallest absolute Gasteiger partial charge is 0.0419 e. The van der Waals surface area contributed by atoms with Gasteiger partial charge in [0.15, 0.2) is 0 Å². The SMILES string of the molecule is C=C/C=C(\C=C)c1cccc(C2=CC(C(C)(C)C)=CCN2)c1.CC.CC.CC.CC. The zero-order valence-electron chi connectivity index (χ0n) is 21.8. The molecule has 0 saturated carbocycles. The molecule has 0 atom stereocenters. The molecule has 1 aliphatic rings. The molecule has 0 unspecified atom stereocenters. The van der Waals surface area contributed by atoms with Crippen LogP contribution in [0.5, 0.6) is 0 Å². The molecule has 1 nitrogen and oxygen atoms in total. The van der Waals surface area contributed by atoms with Crippen LogP contribution in [0.4, 0.5) is 0 Å². The first-order valence-electron chi connectivity index (χ1n) is 11.7. The van der Waals surface area contributed by atoms with Crippen molar-refractivity contribution in [2.75, 3.05) is 6.54 Å². The average molecular weight is 412 g/mol. The van der Waals surface area contributed by atoms with Gasteiger partial charge in [0.05, 0.1) is 0 Å². The molecule has 170 valence electrons. The summed E-state index contributed by atoms with van der Waals surface area (Å²) in [6.07, 6.45) is 10.2. The lowest BCUT2D eigenvalue weighted by molar-refractivity contribution is 0.513. The molecule has 1 aromatic rings. The van der Waals surface area contributed by atoms with Gasteiger partial charge in [-0.15, -0.1) is 0 Å². The third kappa shape index (κ3) is 11.7. The van der Waals surface area contributed by atoms with E-state index in [9.17, 15) is 0 Å². The van der Waals surface area contributed by atoms with Crippen molar-refractivity contribution in [3.8, 4) is 0 Å². The van der Waals surface area contributed by atoms with Crippen LogP contribution in [0.1, 0.15) is 87.3 Å². The summed E-state index contributed by atoms with van der Waals surface area (Å²) in [5.41, 5.74) is 6.15. The van der Waals surface area contributed by atoms with Crippen LogP contribution in [0.3, 0.4) is 0 Å². The van der Waals surface area contributed by atoms with Crippen LogP contribution >= 0.6 is 0 Å². The standard InChI is InChI=1S/C21H25N.4C2H6/c1-6-9-16(7-2)17-10-8-11-18(14-17)20-15-19(12-13-22-20)21(3,4)5;4*1-2/h6-12,14-15,22H,1-2,13H2,3-5H3;4*1-2H3/b16-9+;;;;. The van der Waals surface area contributed by atoms with Crippen LogP contribution < -0.4 is 5.32 Å². The average Bonchev–Trinajstić information content (AvgIpc) is 2.82. The Morgan fingerprint density at radius 1 is 0.933 bits per heavy atom. The van der Waals surface area contributed by atoms with Crippen molar-refractivity contribution in [3.63, 3.8) is 0 Å². The van der Waals surface area contributed by atoms with Gasteiger partial charge in [0.1, 0.15) is 0 Å². The van der Waals surface area contributed by atoms with Crippen molar-refractivity contribution in [1.82, 2.24) is 5.32 Å². The minimum atomic E-state index is 0.167. The van der Waals surface area contributed by atoms with E-state index in [0.29, 0.717) is 0 Å². The maximum absolute atomic E-state index is 3.89. The van der Waals surface area contributed by atoms with Gasteiger partial charge < -0.3 is 5.32 Å². The quantitative estimate of drug-likeness (QED) is 0.486. The van der Waals surface area contributed by atoms with Crippen LogP contribution in [0.25, 0.3) is 11.3 Å². The van der Waals surface area contributed by atoms with E-state index in [2.05, 4.69) is 75.7 Å². The molecule has 0 spiro atoms. The van der Waals surface area contributed by atoms with Gasteiger partial charge in [0, 0.05) is 12.2 Å².